The molecule has 1 unspecified atom stereocenters. The van der Waals surface area contributed by atoms with Gasteiger partial charge in [-0.05, 0) is 43.4 Å². The zero-order valence-electron chi connectivity index (χ0n) is 18.7. The Hall–Kier alpha value is -3.05. The predicted molar refractivity (Wildman–Crippen MR) is 129 cm³/mol. The van der Waals surface area contributed by atoms with Crippen molar-refractivity contribution >= 4 is 34.2 Å². The average molecular weight is 453 g/mol. The van der Waals surface area contributed by atoms with E-state index < -0.39 is 6.04 Å². The normalized spacial score (nSPS) is 11.9. The van der Waals surface area contributed by atoms with E-state index in [1.54, 1.807) is 11.0 Å². The molecule has 0 aromatic heterocycles. The molecule has 0 saturated heterocycles. The van der Waals surface area contributed by atoms with Crippen molar-refractivity contribution in [2.75, 3.05) is 6.61 Å². The van der Waals surface area contributed by atoms with Gasteiger partial charge in [0.15, 0.2) is 6.61 Å². The Bertz CT molecular complexity index is 1080. The monoisotopic (exact) mass is 452 g/mol. The lowest BCUT2D eigenvalue weighted by Gasteiger charge is -2.31. The van der Waals surface area contributed by atoms with Gasteiger partial charge < -0.3 is 15.0 Å². The van der Waals surface area contributed by atoms with Gasteiger partial charge in [-0.1, -0.05) is 73.1 Å². The Labute approximate surface area is 194 Å². The summed E-state index contributed by atoms with van der Waals surface area (Å²) >= 11 is 6.35. The minimum absolute atomic E-state index is 0.0271. The van der Waals surface area contributed by atoms with Gasteiger partial charge in [-0.15, -0.1) is 0 Å². The summed E-state index contributed by atoms with van der Waals surface area (Å²) in [5.41, 5.74) is 0.781. The van der Waals surface area contributed by atoms with Crippen LogP contribution in [0.5, 0.6) is 5.75 Å². The topological polar surface area (TPSA) is 58.6 Å². The highest BCUT2D eigenvalue weighted by atomic mass is 35.5. The van der Waals surface area contributed by atoms with Crippen LogP contribution in [-0.4, -0.2) is 35.4 Å². The van der Waals surface area contributed by atoms with E-state index in [1.165, 1.54) is 0 Å². The van der Waals surface area contributed by atoms with Crippen LogP contribution in [0.3, 0.4) is 0 Å². The number of carbonyl (C=O) groups excluding carboxylic acids is 2. The van der Waals surface area contributed by atoms with E-state index in [0.717, 1.165) is 16.3 Å². The number of carbonyl (C=O) groups is 2. The molecule has 0 spiro atoms. The lowest BCUT2D eigenvalue weighted by atomic mass is 10.1. The minimum Gasteiger partial charge on any atom is -0.483 e. The second-order valence-electron chi connectivity index (χ2n) is 7.97. The van der Waals surface area contributed by atoms with Crippen LogP contribution in [0.1, 0.15) is 32.8 Å². The number of ether oxygens (including phenoxy) is 1. The molecule has 0 aliphatic carbocycles. The van der Waals surface area contributed by atoms with E-state index >= 15 is 0 Å². The minimum atomic E-state index is -0.628. The number of nitrogens with zero attached hydrogens (tertiary/aromatic N) is 1. The third kappa shape index (κ3) is 5.80. The quantitative estimate of drug-likeness (QED) is 0.485. The maximum absolute atomic E-state index is 13.3. The average Bonchev–Trinajstić information content (AvgIpc) is 2.78. The van der Waals surface area contributed by atoms with E-state index in [-0.39, 0.29) is 31.0 Å². The number of benzene rings is 3. The third-order valence-electron chi connectivity index (χ3n) is 5.22. The highest BCUT2D eigenvalue weighted by Crippen LogP contribution is 2.26. The van der Waals surface area contributed by atoms with Gasteiger partial charge in [0.25, 0.3) is 5.91 Å². The molecular weight excluding hydrogens is 424 g/mol. The molecule has 0 radical (unpaired) electrons. The summed E-state index contributed by atoms with van der Waals surface area (Å²) < 4.78 is 5.93. The number of amides is 2. The van der Waals surface area contributed by atoms with Gasteiger partial charge in [-0.3, -0.25) is 9.59 Å². The van der Waals surface area contributed by atoms with Gasteiger partial charge in [0, 0.05) is 23.0 Å². The molecular formula is C26H29ClN2O3. The second kappa shape index (κ2) is 11.0. The first-order chi connectivity index (χ1) is 15.4. The van der Waals surface area contributed by atoms with Crippen LogP contribution in [0.25, 0.3) is 10.8 Å². The first-order valence-corrected chi connectivity index (χ1v) is 11.2. The van der Waals surface area contributed by atoms with Gasteiger partial charge in [0.05, 0.1) is 0 Å². The van der Waals surface area contributed by atoms with E-state index in [1.807, 2.05) is 81.4 Å². The third-order valence-corrected chi connectivity index (χ3v) is 5.58. The fourth-order valence-corrected chi connectivity index (χ4v) is 3.85. The summed E-state index contributed by atoms with van der Waals surface area (Å²) in [4.78, 5) is 27.8. The van der Waals surface area contributed by atoms with Crippen LogP contribution in [0.15, 0.2) is 66.7 Å². The van der Waals surface area contributed by atoms with E-state index in [0.29, 0.717) is 17.2 Å². The van der Waals surface area contributed by atoms with Gasteiger partial charge in [0.2, 0.25) is 5.91 Å². The number of halogens is 1. The summed E-state index contributed by atoms with van der Waals surface area (Å²) in [6.07, 6.45) is 0.475. The molecule has 168 valence electrons. The second-order valence-corrected chi connectivity index (χ2v) is 8.37. The predicted octanol–water partition coefficient (Wildman–Crippen LogP) is 5.20. The van der Waals surface area contributed by atoms with Crippen LogP contribution in [0.4, 0.5) is 0 Å². The van der Waals surface area contributed by atoms with Crippen molar-refractivity contribution in [3.63, 3.8) is 0 Å². The Morgan fingerprint density at radius 1 is 1.00 bits per heavy atom. The van der Waals surface area contributed by atoms with E-state index in [2.05, 4.69) is 5.32 Å². The molecule has 0 aliphatic heterocycles. The largest absolute Gasteiger partial charge is 0.483 e. The number of fused-ring (bicyclic) bond motifs is 1. The first-order valence-electron chi connectivity index (χ1n) is 10.8. The fourth-order valence-electron chi connectivity index (χ4n) is 3.65. The number of hydrogen-bond donors (Lipinski definition) is 1. The van der Waals surface area contributed by atoms with Crippen molar-refractivity contribution in [3.8, 4) is 5.75 Å². The van der Waals surface area contributed by atoms with Crippen molar-refractivity contribution in [1.82, 2.24) is 10.2 Å². The maximum Gasteiger partial charge on any atom is 0.261 e. The van der Waals surface area contributed by atoms with E-state index in [4.69, 9.17) is 16.3 Å². The summed E-state index contributed by atoms with van der Waals surface area (Å²) in [7, 11) is 0. The first kappa shape index (κ1) is 23.6. The molecule has 1 N–H and O–H groups in total. The van der Waals surface area contributed by atoms with Gasteiger partial charge in [-0.25, -0.2) is 0 Å². The molecule has 0 fully saturated rings. The molecule has 1 atom stereocenters. The summed E-state index contributed by atoms with van der Waals surface area (Å²) in [6, 6.07) is 20.3. The van der Waals surface area contributed by atoms with Crippen molar-refractivity contribution in [3.05, 3.63) is 77.3 Å². The summed E-state index contributed by atoms with van der Waals surface area (Å²) in [6.45, 7) is 5.73. The molecule has 0 saturated carbocycles. The molecule has 5 nitrogen and oxygen atoms in total. The molecule has 3 aromatic rings. The lowest BCUT2D eigenvalue weighted by Crippen LogP contribution is -2.51. The van der Waals surface area contributed by atoms with Crippen molar-refractivity contribution in [2.45, 2.75) is 45.8 Å². The van der Waals surface area contributed by atoms with Gasteiger partial charge >= 0.3 is 0 Å². The van der Waals surface area contributed by atoms with E-state index in [9.17, 15) is 9.59 Å². The molecule has 0 aliphatic rings. The van der Waals surface area contributed by atoms with Crippen LogP contribution < -0.4 is 10.1 Å². The Morgan fingerprint density at radius 3 is 2.41 bits per heavy atom. The number of hydrogen-bond acceptors (Lipinski definition) is 3. The molecule has 32 heavy (non-hydrogen) atoms. The standard InChI is InChI=1S/C26H29ClN2O3/c1-4-23(26(31)28-18(2)3)29(16-20-11-6-8-14-22(20)27)25(30)17-32-24-15-9-12-19-10-5-7-13-21(19)24/h5-15,18,23H,4,16-17H2,1-3H3,(H,28,31). The Kier molecular flexibility index (Phi) is 8.12. The molecule has 0 heterocycles. The molecule has 2 amide bonds. The van der Waals surface area contributed by atoms with Gasteiger partial charge in [-0.2, -0.15) is 0 Å². The molecule has 6 heteroatoms. The van der Waals surface area contributed by atoms with Crippen LogP contribution >= 0.6 is 11.6 Å². The lowest BCUT2D eigenvalue weighted by molar-refractivity contribution is -0.143. The van der Waals surface area contributed by atoms with Gasteiger partial charge in [0.1, 0.15) is 11.8 Å². The summed E-state index contributed by atoms with van der Waals surface area (Å²) in [5.74, 6) is 0.172. The highest BCUT2D eigenvalue weighted by molar-refractivity contribution is 6.31. The number of rotatable bonds is 9. The highest BCUT2D eigenvalue weighted by Gasteiger charge is 2.29. The SMILES string of the molecule is CCC(C(=O)NC(C)C)N(Cc1ccccc1Cl)C(=O)COc1cccc2ccccc12. The smallest absolute Gasteiger partial charge is 0.261 e. The Morgan fingerprint density at radius 2 is 1.69 bits per heavy atom. The molecule has 3 rings (SSSR count). The fraction of sp³-hybridized carbons (Fsp3) is 0.308. The number of nitrogens with one attached hydrogen (secondary N) is 1. The van der Waals surface area contributed by atoms with Crippen LogP contribution in [-0.2, 0) is 16.1 Å². The zero-order valence-corrected chi connectivity index (χ0v) is 19.4. The summed E-state index contributed by atoms with van der Waals surface area (Å²) in [5, 5.41) is 5.45. The maximum atomic E-state index is 13.3. The van der Waals surface area contributed by atoms with Crippen LogP contribution in [0.2, 0.25) is 5.02 Å². The van der Waals surface area contributed by atoms with Crippen molar-refractivity contribution in [2.24, 2.45) is 0 Å². The van der Waals surface area contributed by atoms with Crippen molar-refractivity contribution < 1.29 is 14.3 Å². The van der Waals surface area contributed by atoms with Crippen LogP contribution in [0, 0.1) is 0 Å². The van der Waals surface area contributed by atoms with Crippen molar-refractivity contribution in [1.29, 1.82) is 0 Å². The Balaban J connectivity index is 1.84. The molecule has 3 aromatic carbocycles. The zero-order chi connectivity index (χ0) is 23.1. The molecule has 0 bridgehead atoms.